The molecule has 1 amide bonds. The predicted molar refractivity (Wildman–Crippen MR) is 84.0 cm³/mol. The minimum atomic E-state index is 0.0361. The maximum Gasteiger partial charge on any atom is 0.322 e. The summed E-state index contributed by atoms with van der Waals surface area (Å²) >= 11 is 0. The molecule has 22 heavy (non-hydrogen) atoms. The summed E-state index contributed by atoms with van der Waals surface area (Å²) in [4.78, 5) is 20.6. The second kappa shape index (κ2) is 6.13. The van der Waals surface area contributed by atoms with E-state index in [0.717, 1.165) is 12.8 Å². The highest BCUT2D eigenvalue weighted by Crippen LogP contribution is 2.33. The SMILES string of the molecule is Cc1nc(Oc2ccccc2)nc(C)c1NC(=O)CC1CC1. The van der Waals surface area contributed by atoms with E-state index in [4.69, 9.17) is 4.74 Å². The number of amides is 1. The summed E-state index contributed by atoms with van der Waals surface area (Å²) in [7, 11) is 0. The number of para-hydroxylation sites is 1. The van der Waals surface area contributed by atoms with E-state index in [1.807, 2.05) is 44.2 Å². The summed E-state index contributed by atoms with van der Waals surface area (Å²) in [5, 5.41) is 2.92. The number of carbonyl (C=O) groups excluding carboxylic acids is 1. The highest BCUT2D eigenvalue weighted by Gasteiger charge is 2.25. The van der Waals surface area contributed by atoms with Gasteiger partial charge in [-0.3, -0.25) is 4.79 Å². The number of aryl methyl sites for hydroxylation is 2. The molecular weight excluding hydrogens is 278 g/mol. The number of rotatable bonds is 5. The zero-order valence-corrected chi connectivity index (χ0v) is 12.8. The van der Waals surface area contributed by atoms with Gasteiger partial charge in [0.1, 0.15) is 5.75 Å². The maximum atomic E-state index is 11.9. The number of anilines is 1. The van der Waals surface area contributed by atoms with Crippen LogP contribution in [0.4, 0.5) is 5.69 Å². The quantitative estimate of drug-likeness (QED) is 0.915. The van der Waals surface area contributed by atoms with Crippen molar-refractivity contribution in [2.24, 2.45) is 5.92 Å². The van der Waals surface area contributed by atoms with Gasteiger partial charge < -0.3 is 10.1 Å². The van der Waals surface area contributed by atoms with E-state index in [2.05, 4.69) is 15.3 Å². The molecular formula is C17H19N3O2. The molecule has 0 atom stereocenters. The lowest BCUT2D eigenvalue weighted by Gasteiger charge is -2.12. The van der Waals surface area contributed by atoms with Crippen LogP contribution in [0.15, 0.2) is 30.3 Å². The smallest absolute Gasteiger partial charge is 0.322 e. The van der Waals surface area contributed by atoms with Gasteiger partial charge in [-0.25, -0.2) is 0 Å². The summed E-state index contributed by atoms with van der Waals surface area (Å²) < 4.78 is 5.64. The first-order valence-electron chi connectivity index (χ1n) is 7.50. The lowest BCUT2D eigenvalue weighted by atomic mass is 10.2. The van der Waals surface area contributed by atoms with Crippen LogP contribution in [0.1, 0.15) is 30.7 Å². The molecule has 1 heterocycles. The second-order valence-electron chi connectivity index (χ2n) is 5.66. The molecule has 5 nitrogen and oxygen atoms in total. The topological polar surface area (TPSA) is 64.1 Å². The van der Waals surface area contributed by atoms with Gasteiger partial charge in [0.15, 0.2) is 0 Å². The van der Waals surface area contributed by atoms with Crippen LogP contribution in [0.25, 0.3) is 0 Å². The number of hydrogen-bond donors (Lipinski definition) is 1. The average molecular weight is 297 g/mol. The van der Waals surface area contributed by atoms with Gasteiger partial charge in [0.25, 0.3) is 0 Å². The van der Waals surface area contributed by atoms with Gasteiger partial charge >= 0.3 is 6.01 Å². The third-order valence-corrected chi connectivity index (χ3v) is 3.64. The van der Waals surface area contributed by atoms with Gasteiger partial charge in [-0.1, -0.05) is 18.2 Å². The Morgan fingerprint density at radius 3 is 2.41 bits per heavy atom. The average Bonchev–Trinajstić information content (AvgIpc) is 3.28. The Bertz CT molecular complexity index is 659. The van der Waals surface area contributed by atoms with Crippen molar-refractivity contribution in [1.29, 1.82) is 0 Å². The lowest BCUT2D eigenvalue weighted by Crippen LogP contribution is -2.15. The summed E-state index contributed by atoms with van der Waals surface area (Å²) in [5.41, 5.74) is 2.11. The van der Waals surface area contributed by atoms with Crippen molar-refractivity contribution in [3.8, 4) is 11.8 Å². The molecule has 1 N–H and O–H groups in total. The fourth-order valence-electron chi connectivity index (χ4n) is 2.28. The van der Waals surface area contributed by atoms with Gasteiger partial charge in [0.2, 0.25) is 5.91 Å². The molecule has 5 heteroatoms. The van der Waals surface area contributed by atoms with Crippen LogP contribution in [0, 0.1) is 19.8 Å². The van der Waals surface area contributed by atoms with Gasteiger partial charge in [-0.15, -0.1) is 0 Å². The van der Waals surface area contributed by atoms with E-state index in [1.165, 1.54) is 0 Å². The van der Waals surface area contributed by atoms with Gasteiger partial charge in [0, 0.05) is 6.42 Å². The summed E-state index contributed by atoms with van der Waals surface area (Å²) in [6.07, 6.45) is 2.90. The Balaban J connectivity index is 1.74. The Morgan fingerprint density at radius 2 is 1.82 bits per heavy atom. The molecule has 1 aliphatic carbocycles. The Morgan fingerprint density at radius 1 is 1.18 bits per heavy atom. The summed E-state index contributed by atoms with van der Waals surface area (Å²) in [6, 6.07) is 9.69. The number of ether oxygens (including phenoxy) is 1. The molecule has 0 aliphatic heterocycles. The molecule has 1 fully saturated rings. The van der Waals surface area contributed by atoms with Crippen molar-refractivity contribution in [2.45, 2.75) is 33.1 Å². The van der Waals surface area contributed by atoms with Crippen molar-refractivity contribution in [3.63, 3.8) is 0 Å². The first-order chi connectivity index (χ1) is 10.6. The van der Waals surface area contributed by atoms with E-state index < -0.39 is 0 Å². The van der Waals surface area contributed by atoms with Crippen LogP contribution < -0.4 is 10.1 Å². The van der Waals surface area contributed by atoms with Crippen LogP contribution in [0.3, 0.4) is 0 Å². The number of hydrogen-bond acceptors (Lipinski definition) is 4. The molecule has 0 bridgehead atoms. The molecule has 114 valence electrons. The lowest BCUT2D eigenvalue weighted by molar-refractivity contribution is -0.116. The summed E-state index contributed by atoms with van der Waals surface area (Å²) in [6.45, 7) is 3.69. The van der Waals surface area contributed by atoms with Crippen LogP contribution in [-0.4, -0.2) is 15.9 Å². The molecule has 1 aliphatic rings. The van der Waals surface area contributed by atoms with Gasteiger partial charge in [0.05, 0.1) is 17.1 Å². The molecule has 1 saturated carbocycles. The Hall–Kier alpha value is -2.43. The number of benzene rings is 1. The molecule has 1 aromatic carbocycles. The van der Waals surface area contributed by atoms with Crippen LogP contribution in [0.2, 0.25) is 0 Å². The zero-order chi connectivity index (χ0) is 15.5. The number of carbonyl (C=O) groups is 1. The largest absolute Gasteiger partial charge is 0.424 e. The fourth-order valence-corrected chi connectivity index (χ4v) is 2.28. The normalized spacial score (nSPS) is 13.7. The van der Waals surface area contributed by atoms with Crippen molar-refractivity contribution in [2.75, 3.05) is 5.32 Å². The van der Waals surface area contributed by atoms with Crippen LogP contribution >= 0.6 is 0 Å². The molecule has 0 unspecified atom stereocenters. The van der Waals surface area contributed by atoms with Crippen molar-refractivity contribution < 1.29 is 9.53 Å². The third-order valence-electron chi connectivity index (χ3n) is 3.64. The second-order valence-corrected chi connectivity index (χ2v) is 5.66. The van der Waals surface area contributed by atoms with Gasteiger partial charge in [-0.05, 0) is 44.7 Å². The Labute approximate surface area is 129 Å². The van der Waals surface area contributed by atoms with E-state index in [9.17, 15) is 4.79 Å². The number of aromatic nitrogens is 2. The molecule has 2 aromatic rings. The van der Waals surface area contributed by atoms with Crippen LogP contribution in [0.5, 0.6) is 11.8 Å². The van der Waals surface area contributed by atoms with E-state index in [-0.39, 0.29) is 5.91 Å². The highest BCUT2D eigenvalue weighted by atomic mass is 16.5. The van der Waals surface area contributed by atoms with Gasteiger partial charge in [-0.2, -0.15) is 9.97 Å². The fraction of sp³-hybridized carbons (Fsp3) is 0.353. The predicted octanol–water partition coefficient (Wildman–Crippen LogP) is 3.62. The first kappa shape index (κ1) is 14.5. The van der Waals surface area contributed by atoms with Crippen LogP contribution in [-0.2, 0) is 4.79 Å². The monoisotopic (exact) mass is 297 g/mol. The minimum absolute atomic E-state index is 0.0361. The standard InChI is InChI=1S/C17H19N3O2/c1-11-16(20-15(21)10-13-8-9-13)12(2)19-17(18-11)22-14-6-4-3-5-7-14/h3-7,13H,8-10H2,1-2H3,(H,20,21). The van der Waals surface area contributed by atoms with E-state index >= 15 is 0 Å². The molecule has 0 saturated heterocycles. The minimum Gasteiger partial charge on any atom is -0.424 e. The summed E-state index contributed by atoms with van der Waals surface area (Å²) in [5.74, 6) is 1.28. The molecule has 0 spiro atoms. The number of nitrogens with one attached hydrogen (secondary N) is 1. The van der Waals surface area contributed by atoms with Crippen molar-refractivity contribution >= 4 is 11.6 Å². The Kier molecular flexibility index (Phi) is 4.04. The third kappa shape index (κ3) is 3.61. The van der Waals surface area contributed by atoms with Crippen molar-refractivity contribution in [3.05, 3.63) is 41.7 Å². The molecule has 1 aromatic heterocycles. The van der Waals surface area contributed by atoms with E-state index in [0.29, 0.717) is 41.2 Å². The molecule has 0 radical (unpaired) electrons. The van der Waals surface area contributed by atoms with E-state index in [1.54, 1.807) is 0 Å². The first-order valence-corrected chi connectivity index (χ1v) is 7.50. The number of nitrogens with zero attached hydrogens (tertiary/aromatic N) is 2. The van der Waals surface area contributed by atoms with Crippen molar-refractivity contribution in [1.82, 2.24) is 9.97 Å². The zero-order valence-electron chi connectivity index (χ0n) is 12.8. The maximum absolute atomic E-state index is 11.9. The molecule has 3 rings (SSSR count). The highest BCUT2D eigenvalue weighted by molar-refractivity contribution is 5.92.